The average Bonchev–Trinajstić information content (AvgIpc) is 1.96. The van der Waals surface area contributed by atoms with Gasteiger partial charge in [-0.15, -0.1) is 0 Å². The number of hydrogen-bond donors (Lipinski definition) is 2. The second-order valence-electron chi connectivity index (χ2n) is 3.99. The van der Waals surface area contributed by atoms with Crippen LogP contribution in [-0.2, 0) is 9.53 Å². The minimum atomic E-state index is -0.591. The van der Waals surface area contributed by atoms with E-state index >= 15 is 0 Å². The van der Waals surface area contributed by atoms with Crippen LogP contribution in [0.3, 0.4) is 0 Å². The fraction of sp³-hybridized carbons (Fsp3) is 0.778. The fourth-order valence-corrected chi connectivity index (χ4v) is 1.07. The van der Waals surface area contributed by atoms with Crippen LogP contribution in [0.4, 0.5) is 4.79 Å². The lowest BCUT2D eigenvalue weighted by Crippen LogP contribution is -2.43. The van der Waals surface area contributed by atoms with Crippen LogP contribution in [-0.4, -0.2) is 29.3 Å². The van der Waals surface area contributed by atoms with Crippen molar-refractivity contribution in [2.75, 3.05) is 5.75 Å². The second kappa shape index (κ2) is 5.24. The molecule has 1 N–H and O–H groups in total. The summed E-state index contributed by atoms with van der Waals surface area (Å²) in [5.41, 5.74) is -0.554. The number of hydrogen-bond acceptors (Lipinski definition) is 4. The highest BCUT2D eigenvalue weighted by Crippen LogP contribution is 2.06. The second-order valence-corrected chi connectivity index (χ2v) is 4.36. The number of ether oxygens (including phenoxy) is 1. The first-order valence-electron chi connectivity index (χ1n) is 4.37. The van der Waals surface area contributed by atoms with E-state index in [2.05, 4.69) is 17.9 Å². The van der Waals surface area contributed by atoms with E-state index in [0.717, 1.165) is 0 Å². The third kappa shape index (κ3) is 5.85. The Labute approximate surface area is 89.8 Å². The third-order valence-corrected chi connectivity index (χ3v) is 1.73. The number of amides is 1. The van der Waals surface area contributed by atoms with Crippen molar-refractivity contribution in [2.24, 2.45) is 0 Å². The van der Waals surface area contributed by atoms with E-state index in [4.69, 9.17) is 4.74 Å². The third-order valence-electron chi connectivity index (χ3n) is 1.36. The van der Waals surface area contributed by atoms with Crippen molar-refractivity contribution >= 4 is 24.5 Å². The lowest BCUT2D eigenvalue weighted by Gasteiger charge is -2.21. The van der Waals surface area contributed by atoms with Crippen LogP contribution in [0.1, 0.15) is 27.7 Å². The van der Waals surface area contributed by atoms with Crippen molar-refractivity contribution in [3.05, 3.63) is 0 Å². The molecule has 5 heteroatoms. The molecular formula is C9H17NO3S. The van der Waals surface area contributed by atoms with Crippen LogP contribution < -0.4 is 5.32 Å². The van der Waals surface area contributed by atoms with Crippen molar-refractivity contribution < 1.29 is 14.3 Å². The van der Waals surface area contributed by atoms with E-state index in [1.54, 1.807) is 20.8 Å². The molecule has 82 valence electrons. The van der Waals surface area contributed by atoms with Gasteiger partial charge in [0, 0.05) is 5.75 Å². The van der Waals surface area contributed by atoms with Gasteiger partial charge in [-0.1, -0.05) is 0 Å². The van der Waals surface area contributed by atoms with Crippen LogP contribution in [0, 0.1) is 0 Å². The maximum Gasteiger partial charge on any atom is 0.408 e. The van der Waals surface area contributed by atoms with Crippen LogP contribution in [0.25, 0.3) is 0 Å². The number of nitrogens with one attached hydrogen (secondary N) is 1. The van der Waals surface area contributed by atoms with Gasteiger partial charge in [0.15, 0.2) is 5.78 Å². The number of carbonyl (C=O) groups excluding carboxylic acids is 2. The Hall–Kier alpha value is -0.710. The van der Waals surface area contributed by atoms with Crippen molar-refractivity contribution in [2.45, 2.75) is 39.3 Å². The molecule has 0 aliphatic rings. The zero-order valence-corrected chi connectivity index (χ0v) is 9.85. The number of thiol groups is 1. The zero-order chi connectivity index (χ0) is 11.4. The first kappa shape index (κ1) is 13.3. The van der Waals surface area contributed by atoms with Crippen LogP contribution in [0.2, 0.25) is 0 Å². The van der Waals surface area contributed by atoms with Crippen molar-refractivity contribution in [1.29, 1.82) is 0 Å². The van der Waals surface area contributed by atoms with Gasteiger partial charge < -0.3 is 10.1 Å². The molecule has 0 heterocycles. The molecule has 0 aromatic rings. The minimum absolute atomic E-state index is 0.133. The van der Waals surface area contributed by atoms with Gasteiger partial charge in [0.25, 0.3) is 0 Å². The molecule has 0 saturated heterocycles. The lowest BCUT2D eigenvalue weighted by atomic mass is 10.2. The number of Topliss-reactive ketones (excluding diaryl/α,β-unsaturated/α-hetero) is 1. The SMILES string of the molecule is CC(=O)[C@@H](CS)NC(=O)OC(C)(C)C. The molecule has 4 nitrogen and oxygen atoms in total. The summed E-state index contributed by atoms with van der Waals surface area (Å²) in [4.78, 5) is 22.2. The maximum absolute atomic E-state index is 11.2. The van der Waals surface area contributed by atoms with Gasteiger partial charge in [-0.2, -0.15) is 12.6 Å². The van der Waals surface area contributed by atoms with E-state index in [0.29, 0.717) is 0 Å². The predicted molar refractivity (Wildman–Crippen MR) is 57.7 cm³/mol. The Balaban J connectivity index is 4.11. The molecule has 1 amide bonds. The molecule has 0 fully saturated rings. The number of ketones is 1. The van der Waals surface area contributed by atoms with Gasteiger partial charge in [-0.05, 0) is 27.7 Å². The first-order chi connectivity index (χ1) is 6.26. The Morgan fingerprint density at radius 2 is 1.93 bits per heavy atom. The van der Waals surface area contributed by atoms with Gasteiger partial charge in [-0.25, -0.2) is 4.79 Å². The molecule has 0 aliphatic carbocycles. The maximum atomic E-state index is 11.2. The molecule has 1 atom stereocenters. The lowest BCUT2D eigenvalue weighted by molar-refractivity contribution is -0.118. The highest BCUT2D eigenvalue weighted by Gasteiger charge is 2.20. The predicted octanol–water partition coefficient (Wildman–Crippen LogP) is 1.40. The highest BCUT2D eigenvalue weighted by atomic mass is 32.1. The van der Waals surface area contributed by atoms with Crippen molar-refractivity contribution in [3.8, 4) is 0 Å². The summed E-state index contributed by atoms with van der Waals surface area (Å²) in [5.74, 6) is 0.139. The molecule has 0 unspecified atom stereocenters. The normalized spacial score (nSPS) is 13.2. The Morgan fingerprint density at radius 1 is 1.43 bits per heavy atom. The number of rotatable bonds is 3. The summed E-state index contributed by atoms with van der Waals surface area (Å²) < 4.78 is 4.98. The molecule has 0 rings (SSSR count). The van der Waals surface area contributed by atoms with Crippen LogP contribution in [0.5, 0.6) is 0 Å². The molecule has 0 radical (unpaired) electrons. The number of alkyl carbamates (subject to hydrolysis) is 1. The van der Waals surface area contributed by atoms with Crippen molar-refractivity contribution in [1.82, 2.24) is 5.32 Å². The zero-order valence-electron chi connectivity index (χ0n) is 8.96. The van der Waals surface area contributed by atoms with E-state index in [9.17, 15) is 9.59 Å². The topological polar surface area (TPSA) is 55.4 Å². The van der Waals surface area contributed by atoms with E-state index in [-0.39, 0.29) is 11.5 Å². The fourth-order valence-electron chi connectivity index (χ4n) is 0.726. The molecule has 0 saturated carbocycles. The molecule has 0 aromatic carbocycles. The monoisotopic (exact) mass is 219 g/mol. The van der Waals surface area contributed by atoms with Gasteiger partial charge in [-0.3, -0.25) is 4.79 Å². The molecule has 0 bridgehead atoms. The Bertz CT molecular complexity index is 223. The standard InChI is InChI=1S/C9H17NO3S/c1-6(11)7(5-14)10-8(12)13-9(2,3)4/h7,14H,5H2,1-4H3,(H,10,12)/t7-/m1/s1. The summed E-state index contributed by atoms with van der Waals surface area (Å²) in [6.45, 7) is 6.68. The Morgan fingerprint density at radius 3 is 2.21 bits per heavy atom. The summed E-state index contributed by atoms with van der Waals surface area (Å²) in [7, 11) is 0. The smallest absolute Gasteiger partial charge is 0.408 e. The highest BCUT2D eigenvalue weighted by molar-refractivity contribution is 7.80. The van der Waals surface area contributed by atoms with E-state index < -0.39 is 17.7 Å². The number of carbonyl (C=O) groups is 2. The summed E-state index contributed by atoms with van der Waals surface area (Å²) >= 11 is 3.95. The molecular weight excluding hydrogens is 202 g/mol. The molecule has 0 aromatic heterocycles. The van der Waals surface area contributed by atoms with Gasteiger partial charge >= 0.3 is 6.09 Å². The largest absolute Gasteiger partial charge is 0.444 e. The van der Waals surface area contributed by atoms with Gasteiger partial charge in [0.2, 0.25) is 0 Å². The molecule has 0 aliphatic heterocycles. The van der Waals surface area contributed by atoms with Crippen molar-refractivity contribution in [3.63, 3.8) is 0 Å². The summed E-state index contributed by atoms with van der Waals surface area (Å²) in [6.07, 6.45) is -0.591. The van der Waals surface area contributed by atoms with Crippen LogP contribution in [0.15, 0.2) is 0 Å². The van der Waals surface area contributed by atoms with Gasteiger partial charge in [0.1, 0.15) is 5.60 Å². The Kier molecular flexibility index (Phi) is 4.97. The summed E-state index contributed by atoms with van der Waals surface area (Å²) in [6, 6.07) is -0.576. The molecule has 0 spiro atoms. The summed E-state index contributed by atoms with van der Waals surface area (Å²) in [5, 5.41) is 2.44. The average molecular weight is 219 g/mol. The van der Waals surface area contributed by atoms with E-state index in [1.807, 2.05) is 0 Å². The van der Waals surface area contributed by atoms with Gasteiger partial charge in [0.05, 0.1) is 6.04 Å². The van der Waals surface area contributed by atoms with E-state index in [1.165, 1.54) is 6.92 Å². The van der Waals surface area contributed by atoms with Crippen LogP contribution >= 0.6 is 12.6 Å². The molecule has 14 heavy (non-hydrogen) atoms. The first-order valence-corrected chi connectivity index (χ1v) is 5.00. The quantitative estimate of drug-likeness (QED) is 0.705. The minimum Gasteiger partial charge on any atom is -0.444 e.